The highest BCUT2D eigenvalue weighted by Gasteiger charge is 2.22. The largest absolute Gasteiger partial charge is 0.370 e. The van der Waals surface area contributed by atoms with Gasteiger partial charge in [0.1, 0.15) is 5.82 Å². The fourth-order valence-electron chi connectivity index (χ4n) is 3.93. The molecule has 4 heteroatoms. The summed E-state index contributed by atoms with van der Waals surface area (Å²) in [5.41, 5.74) is 5.41. The van der Waals surface area contributed by atoms with E-state index in [0.29, 0.717) is 0 Å². The number of hydrogen-bond donors (Lipinski definition) is 1. The van der Waals surface area contributed by atoms with Crippen LogP contribution >= 0.6 is 15.9 Å². The third-order valence-corrected chi connectivity index (χ3v) is 5.64. The van der Waals surface area contributed by atoms with Crippen LogP contribution in [-0.4, -0.2) is 36.1 Å². The molecule has 0 amide bonds. The smallest absolute Gasteiger partial charge is 0.134 e. The number of benzene rings is 1. The SMILES string of the molecule is Brc1ccc2c(c1)Cc1ccnc(NCCCN3CCCCC3)c1-2. The number of halogens is 1. The van der Waals surface area contributed by atoms with Gasteiger partial charge in [-0.1, -0.05) is 28.4 Å². The minimum absolute atomic E-state index is 0.992. The average molecular weight is 386 g/mol. The standard InChI is InChI=1S/C20H24BrN3/c21-17-5-6-18-16(14-17)13-15-7-9-23-20(19(15)18)22-8-4-12-24-10-2-1-3-11-24/h5-7,9,14H,1-4,8,10-13H2,(H,22,23). The lowest BCUT2D eigenvalue weighted by atomic mass is 10.1. The minimum Gasteiger partial charge on any atom is -0.370 e. The van der Waals surface area contributed by atoms with E-state index >= 15 is 0 Å². The van der Waals surface area contributed by atoms with E-state index in [1.807, 2.05) is 6.20 Å². The third-order valence-electron chi connectivity index (χ3n) is 5.15. The monoisotopic (exact) mass is 385 g/mol. The van der Waals surface area contributed by atoms with Gasteiger partial charge in [0.15, 0.2) is 0 Å². The Balaban J connectivity index is 1.42. The topological polar surface area (TPSA) is 28.2 Å². The second kappa shape index (κ2) is 7.24. The zero-order valence-electron chi connectivity index (χ0n) is 14.0. The maximum absolute atomic E-state index is 4.62. The Hall–Kier alpha value is -1.39. The summed E-state index contributed by atoms with van der Waals surface area (Å²) in [6, 6.07) is 8.73. The number of piperidine rings is 1. The molecule has 3 nitrogen and oxygen atoms in total. The van der Waals surface area contributed by atoms with Crippen molar-refractivity contribution < 1.29 is 0 Å². The first kappa shape index (κ1) is 16.1. The van der Waals surface area contributed by atoms with Crippen LogP contribution in [0.25, 0.3) is 11.1 Å². The molecule has 2 heterocycles. The van der Waals surface area contributed by atoms with Crippen LogP contribution in [0.3, 0.4) is 0 Å². The molecule has 0 unspecified atom stereocenters. The van der Waals surface area contributed by atoms with E-state index in [4.69, 9.17) is 0 Å². The number of nitrogens with zero attached hydrogens (tertiary/aromatic N) is 2. The molecule has 1 aliphatic carbocycles. The maximum atomic E-state index is 4.62. The molecule has 0 spiro atoms. The van der Waals surface area contributed by atoms with Crippen molar-refractivity contribution in [2.24, 2.45) is 0 Å². The van der Waals surface area contributed by atoms with Crippen molar-refractivity contribution in [3.63, 3.8) is 0 Å². The molecule has 24 heavy (non-hydrogen) atoms. The second-order valence-corrected chi connectivity index (χ2v) is 7.77. The predicted octanol–water partition coefficient (Wildman–Crippen LogP) is 4.70. The molecule has 1 aromatic carbocycles. The number of hydrogen-bond acceptors (Lipinski definition) is 3. The van der Waals surface area contributed by atoms with Crippen molar-refractivity contribution in [2.75, 3.05) is 31.5 Å². The summed E-state index contributed by atoms with van der Waals surface area (Å²) in [5, 5.41) is 3.59. The van der Waals surface area contributed by atoms with Gasteiger partial charge < -0.3 is 10.2 Å². The minimum atomic E-state index is 0.992. The van der Waals surface area contributed by atoms with Gasteiger partial charge in [0, 0.05) is 22.8 Å². The molecule has 1 N–H and O–H groups in total. The van der Waals surface area contributed by atoms with E-state index in [9.17, 15) is 0 Å². The van der Waals surface area contributed by atoms with E-state index in [0.717, 1.165) is 23.3 Å². The highest BCUT2D eigenvalue weighted by Crippen LogP contribution is 2.41. The first-order valence-electron chi connectivity index (χ1n) is 9.04. The van der Waals surface area contributed by atoms with E-state index in [-0.39, 0.29) is 0 Å². The Morgan fingerprint density at radius 1 is 1.08 bits per heavy atom. The number of rotatable bonds is 5. The summed E-state index contributed by atoms with van der Waals surface area (Å²) in [6.45, 7) is 4.75. The zero-order valence-corrected chi connectivity index (χ0v) is 15.6. The Bertz CT molecular complexity index is 723. The van der Waals surface area contributed by atoms with Gasteiger partial charge in [-0.15, -0.1) is 0 Å². The van der Waals surface area contributed by atoms with Crippen LogP contribution in [0.15, 0.2) is 34.9 Å². The van der Waals surface area contributed by atoms with Gasteiger partial charge in [-0.3, -0.25) is 0 Å². The fourth-order valence-corrected chi connectivity index (χ4v) is 4.34. The molecule has 1 aromatic heterocycles. The van der Waals surface area contributed by atoms with Crippen LogP contribution in [0.1, 0.15) is 36.8 Å². The summed E-state index contributed by atoms with van der Waals surface area (Å²) in [4.78, 5) is 7.22. The van der Waals surface area contributed by atoms with Gasteiger partial charge in [-0.05, 0) is 80.2 Å². The number of likely N-dealkylation sites (tertiary alicyclic amines) is 1. The van der Waals surface area contributed by atoms with E-state index < -0.39 is 0 Å². The quantitative estimate of drug-likeness (QED) is 0.644. The molecule has 126 valence electrons. The van der Waals surface area contributed by atoms with Crippen LogP contribution in [0, 0.1) is 0 Å². The fraction of sp³-hybridized carbons (Fsp3) is 0.450. The highest BCUT2D eigenvalue weighted by atomic mass is 79.9. The Morgan fingerprint density at radius 2 is 1.96 bits per heavy atom. The van der Waals surface area contributed by atoms with Crippen LogP contribution in [0.5, 0.6) is 0 Å². The lowest BCUT2D eigenvalue weighted by Gasteiger charge is -2.26. The molecule has 1 aliphatic heterocycles. The van der Waals surface area contributed by atoms with Gasteiger partial charge in [0.25, 0.3) is 0 Å². The Morgan fingerprint density at radius 3 is 2.83 bits per heavy atom. The summed E-state index contributed by atoms with van der Waals surface area (Å²) in [7, 11) is 0. The Kier molecular flexibility index (Phi) is 4.86. The lowest BCUT2D eigenvalue weighted by Crippen LogP contribution is -2.31. The van der Waals surface area contributed by atoms with Crippen molar-refractivity contribution in [1.29, 1.82) is 0 Å². The lowest BCUT2D eigenvalue weighted by molar-refractivity contribution is 0.228. The predicted molar refractivity (Wildman–Crippen MR) is 104 cm³/mol. The van der Waals surface area contributed by atoms with Gasteiger partial charge in [0.05, 0.1) is 0 Å². The number of nitrogens with one attached hydrogen (secondary N) is 1. The van der Waals surface area contributed by atoms with Crippen molar-refractivity contribution in [3.05, 3.63) is 46.1 Å². The van der Waals surface area contributed by atoms with Gasteiger partial charge in [0.2, 0.25) is 0 Å². The van der Waals surface area contributed by atoms with Crippen molar-refractivity contribution in [3.8, 4) is 11.1 Å². The first-order valence-corrected chi connectivity index (χ1v) is 9.83. The van der Waals surface area contributed by atoms with Crippen molar-refractivity contribution in [2.45, 2.75) is 32.1 Å². The summed E-state index contributed by atoms with van der Waals surface area (Å²) in [5.74, 6) is 1.05. The Labute approximate surface area is 152 Å². The summed E-state index contributed by atoms with van der Waals surface area (Å²) in [6.07, 6.45) is 8.27. The number of pyridine rings is 1. The van der Waals surface area contributed by atoms with Crippen LogP contribution in [-0.2, 0) is 6.42 Å². The molecule has 0 radical (unpaired) electrons. The number of fused-ring (bicyclic) bond motifs is 3. The molecule has 1 fully saturated rings. The summed E-state index contributed by atoms with van der Waals surface area (Å²) < 4.78 is 1.15. The zero-order chi connectivity index (χ0) is 16.4. The van der Waals surface area contributed by atoms with Crippen molar-refractivity contribution >= 4 is 21.7 Å². The van der Waals surface area contributed by atoms with Crippen LogP contribution in [0.2, 0.25) is 0 Å². The van der Waals surface area contributed by atoms with Crippen LogP contribution < -0.4 is 5.32 Å². The average Bonchev–Trinajstić information content (AvgIpc) is 2.97. The number of aromatic nitrogens is 1. The normalized spacial score (nSPS) is 16.7. The molecule has 1 saturated heterocycles. The molecule has 2 aromatic rings. The number of anilines is 1. The van der Waals surface area contributed by atoms with Gasteiger partial charge >= 0.3 is 0 Å². The second-order valence-electron chi connectivity index (χ2n) is 6.85. The first-order chi connectivity index (χ1) is 11.8. The molecule has 0 saturated carbocycles. The van der Waals surface area contributed by atoms with Crippen molar-refractivity contribution in [1.82, 2.24) is 9.88 Å². The highest BCUT2D eigenvalue weighted by molar-refractivity contribution is 9.10. The van der Waals surface area contributed by atoms with Gasteiger partial charge in [-0.25, -0.2) is 4.98 Å². The van der Waals surface area contributed by atoms with E-state index in [2.05, 4.69) is 55.4 Å². The van der Waals surface area contributed by atoms with E-state index in [1.54, 1.807) is 0 Å². The van der Waals surface area contributed by atoms with Gasteiger partial charge in [-0.2, -0.15) is 0 Å². The molecule has 0 bridgehead atoms. The molecule has 0 atom stereocenters. The molecule has 4 rings (SSSR count). The summed E-state index contributed by atoms with van der Waals surface area (Å²) >= 11 is 3.58. The molecular formula is C20H24BrN3. The molecular weight excluding hydrogens is 362 g/mol. The third kappa shape index (κ3) is 3.35. The molecule has 2 aliphatic rings. The van der Waals surface area contributed by atoms with Crippen LogP contribution in [0.4, 0.5) is 5.82 Å². The maximum Gasteiger partial charge on any atom is 0.134 e. The van der Waals surface area contributed by atoms with E-state index in [1.165, 1.54) is 67.6 Å².